The molecular formula is C6H10ClO. The fraction of sp³-hybridized carbons (Fsp3) is 0.833. The molecule has 0 rings (SSSR count). The van der Waals surface area contributed by atoms with Crippen molar-refractivity contribution in [2.75, 3.05) is 0 Å². The zero-order chi connectivity index (χ0) is 6.41. The quantitative estimate of drug-likeness (QED) is 0.536. The average Bonchev–Trinajstić information content (AvgIpc) is 1.68. The summed E-state index contributed by atoms with van der Waals surface area (Å²) in [6.45, 7) is 2.04. The first kappa shape index (κ1) is 7.96. The van der Waals surface area contributed by atoms with Crippen LogP contribution in [-0.4, -0.2) is 11.7 Å². The van der Waals surface area contributed by atoms with Gasteiger partial charge < -0.3 is 0 Å². The molecule has 0 amide bonds. The molecule has 0 aromatic rings. The van der Waals surface area contributed by atoms with E-state index in [1.165, 1.54) is 0 Å². The highest BCUT2D eigenvalue weighted by Gasteiger charge is 1.99. The second-order valence-electron chi connectivity index (χ2n) is 1.73. The smallest absolute Gasteiger partial charge is 0.199 e. The summed E-state index contributed by atoms with van der Waals surface area (Å²) in [6, 6.07) is 0. The summed E-state index contributed by atoms with van der Waals surface area (Å²) in [4.78, 5) is 9.68. The van der Waals surface area contributed by atoms with Gasteiger partial charge in [-0.05, 0) is 6.42 Å². The fourth-order valence-electron chi connectivity index (χ4n) is 0.506. The van der Waals surface area contributed by atoms with Crippen LogP contribution < -0.4 is 0 Å². The Morgan fingerprint density at radius 1 is 1.75 bits per heavy atom. The van der Waals surface area contributed by atoms with E-state index in [-0.39, 0.29) is 5.38 Å². The molecule has 8 heavy (non-hydrogen) atoms. The summed E-state index contributed by atoms with van der Waals surface area (Å²) in [6.07, 6.45) is 4.09. The van der Waals surface area contributed by atoms with Crippen molar-refractivity contribution in [1.82, 2.24) is 0 Å². The summed E-state index contributed by atoms with van der Waals surface area (Å²) in [7, 11) is 0. The Hall–Kier alpha value is -0.0400. The Bertz CT molecular complexity index is 63.5. The first-order chi connectivity index (χ1) is 3.81. The molecule has 0 saturated heterocycles. The van der Waals surface area contributed by atoms with Crippen LogP contribution in [-0.2, 0) is 4.79 Å². The first-order valence-corrected chi connectivity index (χ1v) is 3.24. The van der Waals surface area contributed by atoms with Gasteiger partial charge in [-0.2, -0.15) is 0 Å². The lowest BCUT2D eigenvalue weighted by atomic mass is 10.2. The summed E-state index contributed by atoms with van der Waals surface area (Å²) in [5, 5.41) is 0.0116. The van der Waals surface area contributed by atoms with E-state index in [1.54, 1.807) is 6.29 Å². The molecule has 0 fully saturated rings. The van der Waals surface area contributed by atoms with Crippen LogP contribution in [0.15, 0.2) is 0 Å². The number of carbonyl (C=O) groups excluding carboxylic acids is 1. The minimum atomic E-state index is 0.0116. The van der Waals surface area contributed by atoms with Gasteiger partial charge in [0.1, 0.15) is 0 Å². The molecule has 1 nitrogen and oxygen atoms in total. The monoisotopic (exact) mass is 133 g/mol. The van der Waals surface area contributed by atoms with Gasteiger partial charge in [0, 0.05) is 11.8 Å². The van der Waals surface area contributed by atoms with Gasteiger partial charge in [0.15, 0.2) is 6.29 Å². The van der Waals surface area contributed by atoms with Crippen molar-refractivity contribution in [2.45, 2.75) is 31.6 Å². The molecule has 0 N–H and O–H groups in total. The number of hydrogen-bond acceptors (Lipinski definition) is 1. The van der Waals surface area contributed by atoms with Crippen LogP contribution in [0.5, 0.6) is 0 Å². The van der Waals surface area contributed by atoms with Crippen LogP contribution in [0, 0.1) is 0 Å². The van der Waals surface area contributed by atoms with Crippen LogP contribution in [0.25, 0.3) is 0 Å². The SMILES string of the molecule is CCCC(Cl)C[C]=O. The maximum absolute atomic E-state index is 9.68. The van der Waals surface area contributed by atoms with Gasteiger partial charge >= 0.3 is 0 Å². The van der Waals surface area contributed by atoms with Gasteiger partial charge in [0.05, 0.1) is 0 Å². The Kier molecular flexibility index (Phi) is 5.08. The summed E-state index contributed by atoms with van der Waals surface area (Å²) < 4.78 is 0. The molecule has 0 aliphatic carbocycles. The first-order valence-electron chi connectivity index (χ1n) is 2.80. The van der Waals surface area contributed by atoms with Crippen molar-refractivity contribution in [1.29, 1.82) is 0 Å². The molecule has 0 saturated carbocycles. The van der Waals surface area contributed by atoms with Crippen LogP contribution in [0.3, 0.4) is 0 Å². The predicted octanol–water partition coefficient (Wildman–Crippen LogP) is 1.89. The lowest BCUT2D eigenvalue weighted by Crippen LogP contribution is -1.96. The molecule has 0 heterocycles. The number of hydrogen-bond donors (Lipinski definition) is 0. The molecular weight excluding hydrogens is 124 g/mol. The van der Waals surface area contributed by atoms with E-state index in [1.807, 2.05) is 6.92 Å². The van der Waals surface area contributed by atoms with E-state index in [2.05, 4.69) is 0 Å². The molecule has 0 aliphatic rings. The standard InChI is InChI=1S/C6H10ClO/c1-2-3-6(7)4-5-8/h6H,2-4H2,1H3. The van der Waals surface area contributed by atoms with Gasteiger partial charge in [-0.15, -0.1) is 11.6 Å². The lowest BCUT2D eigenvalue weighted by Gasteiger charge is -1.98. The van der Waals surface area contributed by atoms with Gasteiger partial charge in [-0.3, -0.25) is 4.79 Å². The van der Waals surface area contributed by atoms with Crippen LogP contribution >= 0.6 is 11.6 Å². The molecule has 1 unspecified atom stereocenters. The maximum atomic E-state index is 9.68. The van der Waals surface area contributed by atoms with E-state index in [9.17, 15) is 4.79 Å². The van der Waals surface area contributed by atoms with E-state index < -0.39 is 0 Å². The molecule has 1 atom stereocenters. The van der Waals surface area contributed by atoms with Crippen molar-refractivity contribution in [2.24, 2.45) is 0 Å². The Balaban J connectivity index is 3.03. The largest absolute Gasteiger partial charge is 0.291 e. The molecule has 1 radical (unpaired) electrons. The van der Waals surface area contributed by atoms with E-state index in [0.717, 1.165) is 12.8 Å². The molecule has 0 aromatic heterocycles. The number of alkyl halides is 1. The second kappa shape index (κ2) is 5.10. The molecule has 0 aliphatic heterocycles. The fourth-order valence-corrected chi connectivity index (χ4v) is 0.787. The van der Waals surface area contributed by atoms with Crippen LogP contribution in [0.4, 0.5) is 0 Å². The zero-order valence-electron chi connectivity index (χ0n) is 4.98. The predicted molar refractivity (Wildman–Crippen MR) is 34.9 cm³/mol. The minimum absolute atomic E-state index is 0.0116. The van der Waals surface area contributed by atoms with Gasteiger partial charge in [-0.1, -0.05) is 13.3 Å². The van der Waals surface area contributed by atoms with Gasteiger partial charge in [0.25, 0.3) is 0 Å². The van der Waals surface area contributed by atoms with Crippen LogP contribution in [0.2, 0.25) is 0 Å². The van der Waals surface area contributed by atoms with Crippen molar-refractivity contribution in [3.63, 3.8) is 0 Å². The Morgan fingerprint density at radius 3 is 2.75 bits per heavy atom. The highest BCUT2D eigenvalue weighted by molar-refractivity contribution is 6.21. The Labute approximate surface area is 55.0 Å². The van der Waals surface area contributed by atoms with Crippen molar-refractivity contribution in [3.8, 4) is 0 Å². The third kappa shape index (κ3) is 4.13. The maximum Gasteiger partial charge on any atom is 0.199 e. The second-order valence-corrected chi connectivity index (χ2v) is 2.35. The van der Waals surface area contributed by atoms with Crippen molar-refractivity contribution in [3.05, 3.63) is 0 Å². The molecule has 0 aromatic carbocycles. The molecule has 47 valence electrons. The third-order valence-electron chi connectivity index (χ3n) is 0.907. The van der Waals surface area contributed by atoms with Crippen LogP contribution in [0.1, 0.15) is 26.2 Å². The molecule has 2 heteroatoms. The van der Waals surface area contributed by atoms with E-state index in [0.29, 0.717) is 6.42 Å². The van der Waals surface area contributed by atoms with Crippen molar-refractivity contribution < 1.29 is 4.79 Å². The highest BCUT2D eigenvalue weighted by atomic mass is 35.5. The van der Waals surface area contributed by atoms with Gasteiger partial charge in [-0.25, -0.2) is 0 Å². The summed E-state index contributed by atoms with van der Waals surface area (Å²) in [5.74, 6) is 0. The van der Waals surface area contributed by atoms with Crippen molar-refractivity contribution >= 4 is 17.9 Å². The van der Waals surface area contributed by atoms with E-state index in [4.69, 9.17) is 11.6 Å². The Morgan fingerprint density at radius 2 is 2.38 bits per heavy atom. The third-order valence-corrected chi connectivity index (χ3v) is 1.28. The molecule has 0 bridgehead atoms. The normalized spacial score (nSPS) is 13.2. The zero-order valence-corrected chi connectivity index (χ0v) is 5.74. The average molecular weight is 134 g/mol. The highest BCUT2D eigenvalue weighted by Crippen LogP contribution is 2.06. The van der Waals surface area contributed by atoms with Gasteiger partial charge in [0.2, 0.25) is 0 Å². The lowest BCUT2D eigenvalue weighted by molar-refractivity contribution is 0.547. The number of rotatable bonds is 4. The minimum Gasteiger partial charge on any atom is -0.291 e. The summed E-state index contributed by atoms with van der Waals surface area (Å²) >= 11 is 5.62. The molecule has 0 spiro atoms. The number of halogens is 1. The summed E-state index contributed by atoms with van der Waals surface area (Å²) in [5.41, 5.74) is 0. The van der Waals surface area contributed by atoms with E-state index >= 15 is 0 Å². The topological polar surface area (TPSA) is 17.1 Å².